The van der Waals surface area contributed by atoms with Gasteiger partial charge in [0.15, 0.2) is 0 Å². The Hall–Kier alpha value is -2.70. The molecule has 0 spiro atoms. The lowest BCUT2D eigenvalue weighted by Crippen LogP contribution is -2.56. The molecule has 6 nitrogen and oxygen atoms in total. The van der Waals surface area contributed by atoms with Crippen LogP contribution in [0.1, 0.15) is 18.4 Å². The van der Waals surface area contributed by atoms with Gasteiger partial charge in [0.1, 0.15) is 0 Å². The van der Waals surface area contributed by atoms with Gasteiger partial charge in [0, 0.05) is 39.9 Å². The van der Waals surface area contributed by atoms with E-state index in [9.17, 15) is 9.59 Å². The van der Waals surface area contributed by atoms with Crippen LogP contribution in [0.15, 0.2) is 54.6 Å². The normalized spacial score (nSPS) is 17.0. The lowest BCUT2D eigenvalue weighted by Gasteiger charge is -2.34. The van der Waals surface area contributed by atoms with Crippen LogP contribution in [0.3, 0.4) is 0 Å². The Labute approximate surface area is 172 Å². The SMILES string of the molecule is COCCCNC(=O)C[C@@H]1C(=O)NCCN1Cc1ccc(-c2ccccc2)cc1. The van der Waals surface area contributed by atoms with Crippen molar-refractivity contribution in [3.63, 3.8) is 0 Å². The van der Waals surface area contributed by atoms with Crippen LogP contribution in [0.4, 0.5) is 0 Å². The van der Waals surface area contributed by atoms with Crippen LogP contribution in [0.5, 0.6) is 0 Å². The largest absolute Gasteiger partial charge is 0.385 e. The Morgan fingerprint density at radius 3 is 2.59 bits per heavy atom. The van der Waals surface area contributed by atoms with Crippen molar-refractivity contribution < 1.29 is 14.3 Å². The zero-order valence-corrected chi connectivity index (χ0v) is 16.9. The average molecular weight is 396 g/mol. The second-order valence-electron chi connectivity index (χ2n) is 7.24. The van der Waals surface area contributed by atoms with Gasteiger partial charge >= 0.3 is 0 Å². The molecule has 2 amide bonds. The maximum absolute atomic E-state index is 12.4. The standard InChI is InChI=1S/C23H29N3O3/c1-29-15-5-12-24-22(27)16-21-23(28)25-13-14-26(21)17-18-8-10-20(11-9-18)19-6-3-2-4-7-19/h2-4,6-11,21H,5,12-17H2,1H3,(H,24,27)(H,25,28)/t21-/m1/s1. The Balaban J connectivity index is 1.60. The molecule has 0 aromatic heterocycles. The molecule has 1 saturated heterocycles. The summed E-state index contributed by atoms with van der Waals surface area (Å²) in [5, 5.41) is 5.75. The van der Waals surface area contributed by atoms with Gasteiger partial charge < -0.3 is 15.4 Å². The molecule has 0 radical (unpaired) electrons. The van der Waals surface area contributed by atoms with Crippen LogP contribution in [-0.2, 0) is 20.9 Å². The van der Waals surface area contributed by atoms with E-state index in [1.807, 2.05) is 18.2 Å². The van der Waals surface area contributed by atoms with Crippen molar-refractivity contribution in [3.8, 4) is 11.1 Å². The molecule has 29 heavy (non-hydrogen) atoms. The fraction of sp³-hybridized carbons (Fsp3) is 0.391. The summed E-state index contributed by atoms with van der Waals surface area (Å²) in [6, 6.07) is 18.2. The third-order valence-electron chi connectivity index (χ3n) is 5.11. The maximum atomic E-state index is 12.4. The first-order valence-corrected chi connectivity index (χ1v) is 10.1. The van der Waals surface area contributed by atoms with E-state index in [4.69, 9.17) is 4.74 Å². The summed E-state index contributed by atoms with van der Waals surface area (Å²) in [4.78, 5) is 26.7. The van der Waals surface area contributed by atoms with Crippen LogP contribution >= 0.6 is 0 Å². The van der Waals surface area contributed by atoms with Crippen molar-refractivity contribution in [1.29, 1.82) is 0 Å². The predicted octanol–water partition coefficient (Wildman–Crippen LogP) is 2.20. The number of ether oxygens (including phenoxy) is 1. The summed E-state index contributed by atoms with van der Waals surface area (Å²) in [6.07, 6.45) is 0.928. The highest BCUT2D eigenvalue weighted by Gasteiger charge is 2.31. The molecule has 1 aliphatic rings. The van der Waals surface area contributed by atoms with Gasteiger partial charge in [-0.3, -0.25) is 14.5 Å². The smallest absolute Gasteiger partial charge is 0.237 e. The lowest BCUT2D eigenvalue weighted by molar-refractivity contribution is -0.134. The van der Waals surface area contributed by atoms with Crippen molar-refractivity contribution in [2.24, 2.45) is 0 Å². The number of carbonyl (C=O) groups is 2. The molecule has 6 heteroatoms. The summed E-state index contributed by atoms with van der Waals surface area (Å²) in [6.45, 7) is 3.14. The van der Waals surface area contributed by atoms with E-state index in [2.05, 4.69) is 51.9 Å². The number of amides is 2. The highest BCUT2D eigenvalue weighted by molar-refractivity contribution is 5.88. The van der Waals surface area contributed by atoms with E-state index < -0.39 is 6.04 Å². The summed E-state index contributed by atoms with van der Waals surface area (Å²) < 4.78 is 4.99. The number of methoxy groups -OCH3 is 1. The number of rotatable bonds is 9. The van der Waals surface area contributed by atoms with Gasteiger partial charge in [0.25, 0.3) is 0 Å². The van der Waals surface area contributed by atoms with E-state index in [1.54, 1.807) is 7.11 Å². The van der Waals surface area contributed by atoms with E-state index in [0.29, 0.717) is 26.2 Å². The minimum absolute atomic E-state index is 0.0794. The summed E-state index contributed by atoms with van der Waals surface area (Å²) >= 11 is 0. The zero-order chi connectivity index (χ0) is 20.5. The second kappa shape index (κ2) is 10.7. The Morgan fingerprint density at radius 2 is 1.86 bits per heavy atom. The molecule has 1 heterocycles. The minimum atomic E-state index is -0.444. The number of hydrogen-bond donors (Lipinski definition) is 2. The molecule has 0 unspecified atom stereocenters. The predicted molar refractivity (Wildman–Crippen MR) is 113 cm³/mol. The molecule has 1 atom stereocenters. The first-order valence-electron chi connectivity index (χ1n) is 10.1. The number of nitrogens with zero attached hydrogens (tertiary/aromatic N) is 1. The molecule has 2 N–H and O–H groups in total. The van der Waals surface area contributed by atoms with Crippen LogP contribution in [0.2, 0.25) is 0 Å². The molecular formula is C23H29N3O3. The zero-order valence-electron chi connectivity index (χ0n) is 16.9. The first-order chi connectivity index (χ1) is 14.2. The number of benzene rings is 2. The van der Waals surface area contributed by atoms with Crippen molar-refractivity contribution in [3.05, 3.63) is 60.2 Å². The monoisotopic (exact) mass is 395 g/mol. The number of piperazine rings is 1. The quantitative estimate of drug-likeness (QED) is 0.639. The van der Waals surface area contributed by atoms with Gasteiger partial charge in [-0.25, -0.2) is 0 Å². The molecule has 3 rings (SSSR count). The molecule has 0 saturated carbocycles. The van der Waals surface area contributed by atoms with Crippen molar-refractivity contribution in [2.75, 3.05) is 33.4 Å². The summed E-state index contributed by atoms with van der Waals surface area (Å²) in [5.41, 5.74) is 3.47. The molecule has 154 valence electrons. The van der Waals surface area contributed by atoms with Gasteiger partial charge in [0.2, 0.25) is 11.8 Å². The van der Waals surface area contributed by atoms with Gasteiger partial charge in [-0.15, -0.1) is 0 Å². The highest BCUT2D eigenvalue weighted by atomic mass is 16.5. The molecular weight excluding hydrogens is 366 g/mol. The third kappa shape index (κ3) is 6.14. The fourth-order valence-electron chi connectivity index (χ4n) is 3.53. The molecule has 0 bridgehead atoms. The van der Waals surface area contributed by atoms with Crippen LogP contribution in [-0.4, -0.2) is 56.1 Å². The molecule has 0 aliphatic carbocycles. The van der Waals surface area contributed by atoms with Crippen molar-refractivity contribution >= 4 is 11.8 Å². The average Bonchev–Trinajstić information content (AvgIpc) is 2.75. The van der Waals surface area contributed by atoms with Gasteiger partial charge in [-0.05, 0) is 23.1 Å². The molecule has 2 aromatic carbocycles. The molecule has 1 fully saturated rings. The lowest BCUT2D eigenvalue weighted by atomic mass is 10.0. The van der Waals surface area contributed by atoms with Crippen LogP contribution in [0, 0.1) is 0 Å². The van der Waals surface area contributed by atoms with Crippen molar-refractivity contribution in [2.45, 2.75) is 25.4 Å². The van der Waals surface area contributed by atoms with Crippen LogP contribution in [0.25, 0.3) is 11.1 Å². The second-order valence-corrected chi connectivity index (χ2v) is 7.24. The summed E-state index contributed by atoms with van der Waals surface area (Å²) in [7, 11) is 1.64. The number of nitrogens with one attached hydrogen (secondary N) is 2. The number of hydrogen-bond acceptors (Lipinski definition) is 4. The third-order valence-corrected chi connectivity index (χ3v) is 5.11. The Kier molecular flexibility index (Phi) is 7.78. The van der Waals surface area contributed by atoms with E-state index in [1.165, 1.54) is 5.56 Å². The van der Waals surface area contributed by atoms with Gasteiger partial charge in [0.05, 0.1) is 12.5 Å². The fourth-order valence-corrected chi connectivity index (χ4v) is 3.53. The Bertz CT molecular complexity index is 793. The topological polar surface area (TPSA) is 70.7 Å². The van der Waals surface area contributed by atoms with E-state index in [0.717, 1.165) is 24.1 Å². The first kappa shape index (κ1) is 21.0. The molecule has 1 aliphatic heterocycles. The maximum Gasteiger partial charge on any atom is 0.237 e. The summed E-state index contributed by atoms with van der Waals surface area (Å²) in [5.74, 6) is -0.184. The van der Waals surface area contributed by atoms with Gasteiger partial charge in [-0.1, -0.05) is 54.6 Å². The van der Waals surface area contributed by atoms with E-state index in [-0.39, 0.29) is 18.2 Å². The molecule has 2 aromatic rings. The van der Waals surface area contributed by atoms with Gasteiger partial charge in [-0.2, -0.15) is 0 Å². The highest BCUT2D eigenvalue weighted by Crippen LogP contribution is 2.21. The van der Waals surface area contributed by atoms with E-state index >= 15 is 0 Å². The minimum Gasteiger partial charge on any atom is -0.385 e. The Morgan fingerprint density at radius 1 is 1.14 bits per heavy atom. The van der Waals surface area contributed by atoms with Crippen LogP contribution < -0.4 is 10.6 Å². The van der Waals surface area contributed by atoms with Crippen molar-refractivity contribution in [1.82, 2.24) is 15.5 Å². The number of carbonyl (C=O) groups excluding carboxylic acids is 2.